The van der Waals surface area contributed by atoms with Gasteiger partial charge < -0.3 is 15.5 Å². The summed E-state index contributed by atoms with van der Waals surface area (Å²) in [7, 11) is 0. The largest absolute Gasteiger partial charge is 0.338 e. The Morgan fingerprint density at radius 1 is 1.31 bits per heavy atom. The Balaban J connectivity index is 1.92. The summed E-state index contributed by atoms with van der Waals surface area (Å²) in [5.74, 6) is 0. The number of nitrogens with zero attached hydrogens (tertiary/aromatic N) is 1. The van der Waals surface area contributed by atoms with E-state index in [2.05, 4.69) is 16.0 Å². The number of carbonyl (C=O) groups is 1. The number of hydrogen-bond acceptors (Lipinski definition) is 3. The van der Waals surface area contributed by atoms with Crippen LogP contribution in [0.2, 0.25) is 0 Å². The molecule has 0 bridgehead atoms. The number of urea groups is 1. The fraction of sp³-hybridized carbons (Fsp3) is 0.875. The van der Waals surface area contributed by atoms with E-state index in [-0.39, 0.29) is 12.2 Å². The average Bonchev–Trinajstić information content (AvgIpc) is 2.20. The van der Waals surface area contributed by atoms with Crippen molar-refractivity contribution < 1.29 is 4.79 Å². The lowest BCUT2D eigenvalue weighted by Gasteiger charge is -2.37. The molecule has 5 nitrogen and oxygen atoms in total. The molecule has 0 spiro atoms. The fourth-order valence-electron chi connectivity index (χ4n) is 1.80. The zero-order valence-electron chi connectivity index (χ0n) is 7.68. The molecule has 2 amide bonds. The molecule has 1 unspecified atom stereocenters. The zero-order valence-corrected chi connectivity index (χ0v) is 7.68. The molecule has 2 saturated heterocycles. The summed E-state index contributed by atoms with van der Waals surface area (Å²) in [5, 5.41) is 9.44. The fourth-order valence-corrected chi connectivity index (χ4v) is 1.80. The first-order chi connectivity index (χ1) is 6.38. The molecular weight excluding hydrogens is 168 g/mol. The van der Waals surface area contributed by atoms with E-state index < -0.39 is 0 Å². The van der Waals surface area contributed by atoms with Crippen molar-refractivity contribution in [2.45, 2.75) is 12.6 Å². The van der Waals surface area contributed by atoms with E-state index in [1.807, 2.05) is 4.90 Å². The zero-order chi connectivity index (χ0) is 9.10. The lowest BCUT2D eigenvalue weighted by molar-refractivity contribution is 0.138. The van der Waals surface area contributed by atoms with Gasteiger partial charge in [0.25, 0.3) is 0 Å². The molecule has 2 rings (SSSR count). The Morgan fingerprint density at radius 2 is 2.23 bits per heavy atom. The Bertz CT molecular complexity index is 191. The van der Waals surface area contributed by atoms with E-state index in [1.165, 1.54) is 0 Å². The van der Waals surface area contributed by atoms with Crippen LogP contribution >= 0.6 is 0 Å². The van der Waals surface area contributed by atoms with Gasteiger partial charge >= 0.3 is 6.03 Å². The monoisotopic (exact) mass is 184 g/mol. The summed E-state index contributed by atoms with van der Waals surface area (Å²) >= 11 is 0. The molecule has 5 heteroatoms. The number of rotatable bonds is 1. The topological polar surface area (TPSA) is 56.4 Å². The average molecular weight is 184 g/mol. The van der Waals surface area contributed by atoms with Crippen LogP contribution in [0.4, 0.5) is 4.79 Å². The highest BCUT2D eigenvalue weighted by atomic mass is 16.2. The van der Waals surface area contributed by atoms with Gasteiger partial charge in [-0.2, -0.15) is 0 Å². The highest BCUT2D eigenvalue weighted by Crippen LogP contribution is 2.04. The van der Waals surface area contributed by atoms with Gasteiger partial charge in [-0.05, 0) is 6.42 Å². The molecular formula is C8H16N4O. The van der Waals surface area contributed by atoms with Gasteiger partial charge in [-0.15, -0.1) is 0 Å². The Morgan fingerprint density at radius 3 is 2.92 bits per heavy atom. The molecule has 2 fully saturated rings. The van der Waals surface area contributed by atoms with Crippen molar-refractivity contribution in [3.8, 4) is 0 Å². The van der Waals surface area contributed by atoms with Crippen LogP contribution in [0.15, 0.2) is 0 Å². The Labute approximate surface area is 77.9 Å². The molecule has 0 aromatic rings. The maximum absolute atomic E-state index is 11.4. The lowest BCUT2D eigenvalue weighted by atomic mass is 10.2. The van der Waals surface area contributed by atoms with Crippen LogP contribution in [-0.2, 0) is 0 Å². The van der Waals surface area contributed by atoms with E-state index in [9.17, 15) is 4.79 Å². The summed E-state index contributed by atoms with van der Waals surface area (Å²) in [6.45, 7) is 4.47. The first-order valence-electron chi connectivity index (χ1n) is 4.86. The van der Waals surface area contributed by atoms with Crippen molar-refractivity contribution in [1.82, 2.24) is 20.9 Å². The minimum atomic E-state index is 0.0625. The van der Waals surface area contributed by atoms with Crippen molar-refractivity contribution in [3.63, 3.8) is 0 Å². The molecule has 0 radical (unpaired) electrons. The van der Waals surface area contributed by atoms with Crippen LogP contribution in [0, 0.1) is 0 Å². The number of carbonyl (C=O) groups excluding carboxylic acids is 1. The van der Waals surface area contributed by atoms with Crippen molar-refractivity contribution in [3.05, 3.63) is 0 Å². The molecule has 2 aliphatic rings. The van der Waals surface area contributed by atoms with E-state index in [0.717, 1.165) is 39.1 Å². The van der Waals surface area contributed by atoms with Crippen LogP contribution in [0.25, 0.3) is 0 Å². The second kappa shape index (κ2) is 3.93. The molecule has 2 aliphatic heterocycles. The third-order valence-corrected chi connectivity index (χ3v) is 2.51. The van der Waals surface area contributed by atoms with Gasteiger partial charge in [0.15, 0.2) is 0 Å². The minimum Gasteiger partial charge on any atom is -0.338 e. The lowest BCUT2D eigenvalue weighted by Crippen LogP contribution is -2.62. The maximum Gasteiger partial charge on any atom is 0.318 e. The first kappa shape index (κ1) is 8.77. The van der Waals surface area contributed by atoms with Gasteiger partial charge in [0, 0.05) is 32.7 Å². The molecule has 2 heterocycles. The maximum atomic E-state index is 11.4. The highest BCUT2D eigenvalue weighted by Gasteiger charge is 2.26. The number of nitrogens with one attached hydrogen (secondary N) is 3. The number of amides is 2. The molecule has 74 valence electrons. The van der Waals surface area contributed by atoms with E-state index in [1.54, 1.807) is 0 Å². The number of piperazine rings is 1. The van der Waals surface area contributed by atoms with Crippen LogP contribution in [0.3, 0.4) is 0 Å². The predicted molar refractivity (Wildman–Crippen MR) is 49.4 cm³/mol. The standard InChI is InChI=1S/C8H16N4O/c13-8-11-2-1-5-12(8)7-6-9-3-4-10-7/h7,9-10H,1-6H2,(H,11,13). The van der Waals surface area contributed by atoms with Crippen molar-refractivity contribution in [2.75, 3.05) is 32.7 Å². The summed E-state index contributed by atoms with van der Waals surface area (Å²) < 4.78 is 0. The molecule has 0 aromatic carbocycles. The smallest absolute Gasteiger partial charge is 0.318 e. The van der Waals surface area contributed by atoms with Crippen molar-refractivity contribution in [1.29, 1.82) is 0 Å². The Kier molecular flexibility index (Phi) is 2.65. The quantitative estimate of drug-likeness (QED) is 0.486. The van der Waals surface area contributed by atoms with Gasteiger partial charge in [-0.1, -0.05) is 0 Å². The van der Waals surface area contributed by atoms with Crippen molar-refractivity contribution >= 4 is 6.03 Å². The summed E-state index contributed by atoms with van der Waals surface area (Å²) in [6, 6.07) is 0.0625. The second-order valence-corrected chi connectivity index (χ2v) is 3.45. The third kappa shape index (κ3) is 1.92. The Hall–Kier alpha value is -0.810. The molecule has 0 aromatic heterocycles. The van der Waals surface area contributed by atoms with Gasteiger partial charge in [0.2, 0.25) is 0 Å². The van der Waals surface area contributed by atoms with Crippen LogP contribution < -0.4 is 16.0 Å². The summed E-state index contributed by atoms with van der Waals surface area (Å²) in [4.78, 5) is 13.3. The predicted octanol–water partition coefficient (Wildman–Crippen LogP) is -1.08. The first-order valence-corrected chi connectivity index (χ1v) is 4.86. The molecule has 0 aliphatic carbocycles. The van der Waals surface area contributed by atoms with E-state index >= 15 is 0 Å². The second-order valence-electron chi connectivity index (χ2n) is 3.45. The minimum absolute atomic E-state index is 0.0625. The van der Waals surface area contributed by atoms with Gasteiger partial charge in [0.1, 0.15) is 0 Å². The van der Waals surface area contributed by atoms with E-state index in [4.69, 9.17) is 0 Å². The summed E-state index contributed by atoms with van der Waals surface area (Å²) in [5.41, 5.74) is 0. The van der Waals surface area contributed by atoms with E-state index in [0.29, 0.717) is 0 Å². The van der Waals surface area contributed by atoms with Crippen LogP contribution in [-0.4, -0.2) is 49.8 Å². The third-order valence-electron chi connectivity index (χ3n) is 2.51. The number of hydrogen-bond donors (Lipinski definition) is 3. The normalized spacial score (nSPS) is 30.0. The highest BCUT2D eigenvalue weighted by molar-refractivity contribution is 5.75. The molecule has 0 saturated carbocycles. The SMILES string of the molecule is O=C1NCCCN1C1CNCCN1. The van der Waals surface area contributed by atoms with Gasteiger partial charge in [-0.3, -0.25) is 5.32 Å². The van der Waals surface area contributed by atoms with Crippen LogP contribution in [0.5, 0.6) is 0 Å². The molecule has 3 N–H and O–H groups in total. The summed E-state index contributed by atoms with van der Waals surface area (Å²) in [6.07, 6.45) is 1.22. The molecule has 13 heavy (non-hydrogen) atoms. The van der Waals surface area contributed by atoms with Gasteiger partial charge in [-0.25, -0.2) is 4.79 Å². The molecule has 1 atom stereocenters. The van der Waals surface area contributed by atoms with Gasteiger partial charge in [0.05, 0.1) is 6.17 Å². The van der Waals surface area contributed by atoms with Crippen LogP contribution in [0.1, 0.15) is 6.42 Å². The van der Waals surface area contributed by atoms with Crippen molar-refractivity contribution in [2.24, 2.45) is 0 Å².